The Hall–Kier alpha value is -3.85. The number of hydrogen-bond donors (Lipinski definition) is 4. The molecule has 9 heteroatoms. The van der Waals surface area contributed by atoms with E-state index in [1.807, 2.05) is 24.3 Å². The molecule has 0 amide bonds. The van der Waals surface area contributed by atoms with Crippen LogP contribution in [0, 0.1) is 0 Å². The number of phenolic OH excluding ortho intramolecular Hbond substituents is 2. The lowest BCUT2D eigenvalue weighted by atomic mass is 10.1. The van der Waals surface area contributed by atoms with Gasteiger partial charge in [-0.1, -0.05) is 0 Å². The number of hydrogen-bond acceptors (Lipinski definition) is 8. The summed E-state index contributed by atoms with van der Waals surface area (Å²) < 4.78 is 5.44. The molecule has 0 unspecified atom stereocenters. The van der Waals surface area contributed by atoms with Crippen LogP contribution in [0.3, 0.4) is 0 Å². The molecule has 4 aromatic rings. The van der Waals surface area contributed by atoms with Crippen molar-refractivity contribution in [3.63, 3.8) is 0 Å². The smallest absolute Gasteiger partial charge is 0.228 e. The van der Waals surface area contributed by atoms with E-state index >= 15 is 0 Å². The zero-order valence-corrected chi connectivity index (χ0v) is 16.0. The number of aromatic amines is 1. The summed E-state index contributed by atoms with van der Waals surface area (Å²) in [5.41, 5.74) is 3.09. The summed E-state index contributed by atoms with van der Waals surface area (Å²) in [5.74, 6) is 0.826. The first kappa shape index (κ1) is 18.2. The van der Waals surface area contributed by atoms with Gasteiger partial charge in [0.05, 0.1) is 30.6 Å². The second-order valence-electron chi connectivity index (χ2n) is 7.04. The normalized spacial score (nSPS) is 14.2. The van der Waals surface area contributed by atoms with E-state index in [4.69, 9.17) is 14.7 Å². The number of aromatic hydroxyl groups is 2. The van der Waals surface area contributed by atoms with E-state index in [0.29, 0.717) is 49.3 Å². The molecule has 1 aliphatic rings. The van der Waals surface area contributed by atoms with Crippen LogP contribution in [0.2, 0.25) is 0 Å². The summed E-state index contributed by atoms with van der Waals surface area (Å²) in [4.78, 5) is 11.5. The van der Waals surface area contributed by atoms with Crippen molar-refractivity contribution in [1.82, 2.24) is 20.2 Å². The van der Waals surface area contributed by atoms with Gasteiger partial charge in [-0.15, -0.1) is 0 Å². The fourth-order valence-corrected chi connectivity index (χ4v) is 3.40. The highest BCUT2D eigenvalue weighted by Crippen LogP contribution is 2.32. The van der Waals surface area contributed by atoms with Crippen LogP contribution in [-0.4, -0.2) is 56.7 Å². The van der Waals surface area contributed by atoms with Gasteiger partial charge >= 0.3 is 0 Å². The Kier molecular flexibility index (Phi) is 4.56. The van der Waals surface area contributed by atoms with Gasteiger partial charge in [-0.25, -0.2) is 4.98 Å². The van der Waals surface area contributed by atoms with E-state index in [1.54, 1.807) is 12.3 Å². The summed E-state index contributed by atoms with van der Waals surface area (Å²) in [6, 6.07) is 12.4. The van der Waals surface area contributed by atoms with Crippen LogP contribution in [0.5, 0.6) is 11.5 Å². The fourth-order valence-electron chi connectivity index (χ4n) is 3.40. The standard InChI is InChI=1S/C21H20N6O3/c28-18-4-2-13(9-19(18)29)16-11-20(25-21(24-16)27-5-7-30-8-6-27)23-15-3-1-14-12-22-26-17(14)10-15/h1-4,9-12,28-29H,5-8H2,(H,22,26)(H,23,24,25). The van der Waals surface area contributed by atoms with Gasteiger partial charge in [0.1, 0.15) is 5.82 Å². The van der Waals surface area contributed by atoms with Crippen LogP contribution >= 0.6 is 0 Å². The first-order chi connectivity index (χ1) is 14.7. The third kappa shape index (κ3) is 3.58. The molecule has 0 aliphatic carbocycles. The van der Waals surface area contributed by atoms with Crippen molar-refractivity contribution in [3.05, 3.63) is 48.7 Å². The summed E-state index contributed by atoms with van der Waals surface area (Å²) in [5, 5.41) is 30.9. The first-order valence-electron chi connectivity index (χ1n) is 9.60. The molecule has 5 rings (SSSR count). The minimum absolute atomic E-state index is 0.174. The summed E-state index contributed by atoms with van der Waals surface area (Å²) in [6.07, 6.45) is 1.77. The van der Waals surface area contributed by atoms with E-state index in [1.165, 1.54) is 12.1 Å². The number of fused-ring (bicyclic) bond motifs is 1. The fraction of sp³-hybridized carbons (Fsp3) is 0.190. The Morgan fingerprint density at radius 1 is 0.967 bits per heavy atom. The average molecular weight is 404 g/mol. The second kappa shape index (κ2) is 7.53. The number of nitrogens with zero attached hydrogens (tertiary/aromatic N) is 4. The van der Waals surface area contributed by atoms with Gasteiger partial charge in [0.25, 0.3) is 0 Å². The van der Waals surface area contributed by atoms with Gasteiger partial charge in [0, 0.05) is 35.8 Å². The summed E-state index contributed by atoms with van der Waals surface area (Å²) in [6.45, 7) is 2.63. The lowest BCUT2D eigenvalue weighted by molar-refractivity contribution is 0.122. The van der Waals surface area contributed by atoms with Gasteiger partial charge < -0.3 is 25.2 Å². The Balaban J connectivity index is 1.55. The third-order valence-corrected chi connectivity index (χ3v) is 4.99. The van der Waals surface area contributed by atoms with Crippen molar-refractivity contribution < 1.29 is 14.9 Å². The number of H-pyrrole nitrogens is 1. The number of nitrogens with one attached hydrogen (secondary N) is 2. The molecular weight excluding hydrogens is 384 g/mol. The quantitative estimate of drug-likeness (QED) is 0.383. The van der Waals surface area contributed by atoms with E-state index < -0.39 is 0 Å². The minimum Gasteiger partial charge on any atom is -0.504 e. The Bertz CT molecular complexity index is 1200. The molecule has 1 fully saturated rings. The Morgan fingerprint density at radius 3 is 2.67 bits per heavy atom. The highest BCUT2D eigenvalue weighted by molar-refractivity contribution is 5.82. The molecule has 4 N–H and O–H groups in total. The van der Waals surface area contributed by atoms with Gasteiger partial charge in [-0.05, 0) is 36.4 Å². The number of benzene rings is 2. The van der Waals surface area contributed by atoms with Crippen LogP contribution in [0.4, 0.5) is 17.5 Å². The van der Waals surface area contributed by atoms with Crippen molar-refractivity contribution >= 4 is 28.4 Å². The highest BCUT2D eigenvalue weighted by Gasteiger charge is 2.17. The molecule has 3 heterocycles. The Labute approximate surface area is 172 Å². The second-order valence-corrected chi connectivity index (χ2v) is 7.04. The summed E-state index contributed by atoms with van der Waals surface area (Å²) in [7, 11) is 0. The van der Waals surface area contributed by atoms with Crippen molar-refractivity contribution in [2.24, 2.45) is 0 Å². The zero-order valence-electron chi connectivity index (χ0n) is 16.0. The first-order valence-corrected chi connectivity index (χ1v) is 9.60. The third-order valence-electron chi connectivity index (χ3n) is 4.99. The van der Waals surface area contributed by atoms with Crippen LogP contribution < -0.4 is 10.2 Å². The number of phenols is 2. The minimum atomic E-state index is -0.196. The molecule has 0 bridgehead atoms. The maximum absolute atomic E-state index is 9.92. The number of aromatic nitrogens is 4. The van der Waals surface area contributed by atoms with Crippen molar-refractivity contribution in [3.8, 4) is 22.8 Å². The van der Waals surface area contributed by atoms with Crippen LogP contribution in [0.1, 0.15) is 0 Å². The maximum atomic E-state index is 9.92. The molecule has 0 radical (unpaired) electrons. The largest absolute Gasteiger partial charge is 0.504 e. The van der Waals surface area contributed by atoms with Crippen LogP contribution in [0.15, 0.2) is 48.7 Å². The molecule has 9 nitrogen and oxygen atoms in total. The van der Waals surface area contributed by atoms with E-state index in [-0.39, 0.29) is 11.5 Å². The molecule has 0 atom stereocenters. The van der Waals surface area contributed by atoms with Crippen molar-refractivity contribution in [2.45, 2.75) is 0 Å². The predicted molar refractivity (Wildman–Crippen MR) is 113 cm³/mol. The van der Waals surface area contributed by atoms with Gasteiger partial charge in [0.2, 0.25) is 5.95 Å². The molecule has 152 valence electrons. The predicted octanol–water partition coefficient (Wildman–Crippen LogP) is 3.01. The molecule has 0 saturated carbocycles. The molecular formula is C21H20N6O3. The van der Waals surface area contributed by atoms with Gasteiger partial charge in [0.15, 0.2) is 11.5 Å². The van der Waals surface area contributed by atoms with Crippen molar-refractivity contribution in [2.75, 3.05) is 36.5 Å². The van der Waals surface area contributed by atoms with Gasteiger partial charge in [-0.3, -0.25) is 5.10 Å². The lowest BCUT2D eigenvalue weighted by Gasteiger charge is -2.27. The molecule has 30 heavy (non-hydrogen) atoms. The summed E-state index contributed by atoms with van der Waals surface area (Å²) >= 11 is 0. The lowest BCUT2D eigenvalue weighted by Crippen LogP contribution is -2.37. The number of rotatable bonds is 4. The van der Waals surface area contributed by atoms with Crippen molar-refractivity contribution in [1.29, 1.82) is 0 Å². The maximum Gasteiger partial charge on any atom is 0.228 e. The Morgan fingerprint density at radius 2 is 1.83 bits per heavy atom. The molecule has 2 aromatic heterocycles. The SMILES string of the molecule is Oc1ccc(-c2cc(Nc3ccc4cn[nH]c4c3)nc(N3CCOCC3)n2)cc1O. The molecule has 1 aliphatic heterocycles. The number of morpholine rings is 1. The average Bonchev–Trinajstić information content (AvgIpc) is 3.24. The van der Waals surface area contributed by atoms with E-state index in [0.717, 1.165) is 16.6 Å². The zero-order chi connectivity index (χ0) is 20.5. The molecule has 2 aromatic carbocycles. The van der Waals surface area contributed by atoms with Crippen LogP contribution in [-0.2, 0) is 4.74 Å². The van der Waals surface area contributed by atoms with E-state index in [2.05, 4.69) is 20.4 Å². The monoisotopic (exact) mass is 404 g/mol. The number of ether oxygens (including phenoxy) is 1. The highest BCUT2D eigenvalue weighted by atomic mass is 16.5. The van der Waals surface area contributed by atoms with Crippen LogP contribution in [0.25, 0.3) is 22.2 Å². The topological polar surface area (TPSA) is 119 Å². The van der Waals surface area contributed by atoms with Gasteiger partial charge in [-0.2, -0.15) is 10.1 Å². The number of anilines is 3. The molecule has 1 saturated heterocycles. The molecule has 0 spiro atoms. The van der Waals surface area contributed by atoms with E-state index in [9.17, 15) is 10.2 Å².